The van der Waals surface area contributed by atoms with Crippen LogP contribution in [0.1, 0.15) is 19.5 Å². The van der Waals surface area contributed by atoms with E-state index in [1.807, 2.05) is 31.5 Å². The van der Waals surface area contributed by atoms with Crippen LogP contribution in [0.4, 0.5) is 0 Å². The van der Waals surface area contributed by atoms with Gasteiger partial charge in [-0.05, 0) is 20.3 Å². The fourth-order valence-corrected chi connectivity index (χ4v) is 1.88. The molecule has 0 spiro atoms. The summed E-state index contributed by atoms with van der Waals surface area (Å²) in [6, 6.07) is 0. The van der Waals surface area contributed by atoms with Crippen LogP contribution in [0.5, 0.6) is 0 Å². The predicted octanol–water partition coefficient (Wildman–Crippen LogP) is 2.80. The van der Waals surface area contributed by atoms with Gasteiger partial charge < -0.3 is 9.13 Å². The third kappa shape index (κ3) is 5.64. The van der Waals surface area contributed by atoms with E-state index in [1.54, 1.807) is 19.7 Å². The highest BCUT2D eigenvalue weighted by Crippen LogP contribution is 2.37. The van der Waals surface area contributed by atoms with Crippen molar-refractivity contribution in [3.8, 4) is 0 Å². The molecule has 1 rings (SSSR count). The summed E-state index contributed by atoms with van der Waals surface area (Å²) < 4.78 is 13.2. The Kier molecular flexibility index (Phi) is 5.01. The fourth-order valence-electron chi connectivity index (χ4n) is 0.942. The van der Waals surface area contributed by atoms with Gasteiger partial charge in [-0.1, -0.05) is 13.8 Å². The number of hydrogen-bond acceptors (Lipinski definition) is 2. The maximum Gasteiger partial charge on any atom is 0.101 e. The van der Waals surface area contributed by atoms with Crippen molar-refractivity contribution in [3.05, 3.63) is 18.2 Å². The molecule has 13 heavy (non-hydrogen) atoms. The van der Waals surface area contributed by atoms with Crippen LogP contribution in [0.3, 0.4) is 0 Å². The Balaban J connectivity index is 0.000000671. The highest BCUT2D eigenvalue weighted by Gasteiger charge is 2.07. The summed E-state index contributed by atoms with van der Waals surface area (Å²) in [7, 11) is -1.95. The zero-order valence-electron chi connectivity index (χ0n) is 9.11. The first kappa shape index (κ1) is 12.4. The Hall–Kier alpha value is -0.560. The van der Waals surface area contributed by atoms with Crippen molar-refractivity contribution in [2.75, 3.05) is 13.3 Å². The van der Waals surface area contributed by atoms with Gasteiger partial charge in [0.05, 0.1) is 18.3 Å². The summed E-state index contributed by atoms with van der Waals surface area (Å²) in [6.45, 7) is 9.48. The predicted molar refractivity (Wildman–Crippen MR) is 57.8 cm³/mol. The maximum atomic E-state index is 11.3. The molecule has 0 amide bonds. The Morgan fingerprint density at radius 3 is 2.31 bits per heavy atom. The van der Waals surface area contributed by atoms with Crippen molar-refractivity contribution < 1.29 is 4.57 Å². The van der Waals surface area contributed by atoms with Crippen molar-refractivity contribution in [3.63, 3.8) is 0 Å². The van der Waals surface area contributed by atoms with Crippen LogP contribution in [0.25, 0.3) is 0 Å². The van der Waals surface area contributed by atoms with Crippen molar-refractivity contribution >= 4 is 7.14 Å². The van der Waals surface area contributed by atoms with E-state index in [-0.39, 0.29) is 0 Å². The molecule has 0 N–H and O–H groups in total. The Morgan fingerprint density at radius 1 is 1.46 bits per heavy atom. The summed E-state index contributed by atoms with van der Waals surface area (Å²) in [5, 5.41) is 0. The van der Waals surface area contributed by atoms with Gasteiger partial charge in [0.1, 0.15) is 7.14 Å². The lowest BCUT2D eigenvalue weighted by Crippen LogP contribution is -1.93. The first-order valence-electron chi connectivity index (χ1n) is 4.50. The molecule has 76 valence electrons. The van der Waals surface area contributed by atoms with Crippen LogP contribution in [0, 0.1) is 6.92 Å². The molecule has 0 saturated carbocycles. The molecule has 1 aromatic heterocycles. The molecule has 0 aliphatic heterocycles. The summed E-state index contributed by atoms with van der Waals surface area (Å²) in [5.41, 5.74) is 0.971. The van der Waals surface area contributed by atoms with Crippen molar-refractivity contribution in [1.29, 1.82) is 0 Å². The van der Waals surface area contributed by atoms with Crippen molar-refractivity contribution in [1.82, 2.24) is 9.55 Å². The van der Waals surface area contributed by atoms with Gasteiger partial charge in [-0.15, -0.1) is 0 Å². The number of aromatic nitrogens is 2. The van der Waals surface area contributed by atoms with Gasteiger partial charge in [0.2, 0.25) is 0 Å². The van der Waals surface area contributed by atoms with Crippen LogP contribution in [-0.4, -0.2) is 22.9 Å². The average Bonchev–Trinajstić information content (AvgIpc) is 2.36. The van der Waals surface area contributed by atoms with Crippen molar-refractivity contribution in [2.24, 2.45) is 0 Å². The lowest BCUT2D eigenvalue weighted by Gasteiger charge is -2.05. The molecule has 0 aliphatic rings. The van der Waals surface area contributed by atoms with E-state index in [0.29, 0.717) is 6.29 Å². The largest absolute Gasteiger partial charge is 0.330 e. The van der Waals surface area contributed by atoms with Gasteiger partial charge in [0, 0.05) is 6.20 Å². The molecule has 1 aromatic rings. The molecule has 0 unspecified atom stereocenters. The normalized spacial score (nSPS) is 10.5. The monoisotopic (exact) mass is 202 g/mol. The van der Waals surface area contributed by atoms with Gasteiger partial charge in [-0.25, -0.2) is 4.98 Å². The summed E-state index contributed by atoms with van der Waals surface area (Å²) >= 11 is 0. The zero-order valence-corrected chi connectivity index (χ0v) is 10.0. The maximum absolute atomic E-state index is 11.3. The molecule has 0 aliphatic carbocycles. The number of rotatable bonds is 2. The first-order chi connectivity index (χ1) is 5.97. The van der Waals surface area contributed by atoms with Gasteiger partial charge >= 0.3 is 0 Å². The van der Waals surface area contributed by atoms with Crippen LogP contribution in [-0.2, 0) is 10.9 Å². The lowest BCUT2D eigenvalue weighted by atomic mass is 10.6. The van der Waals surface area contributed by atoms with E-state index < -0.39 is 7.14 Å². The molecule has 0 fully saturated rings. The summed E-state index contributed by atoms with van der Waals surface area (Å²) in [4.78, 5) is 4.04. The highest BCUT2D eigenvalue weighted by molar-refractivity contribution is 7.61. The van der Waals surface area contributed by atoms with E-state index in [1.165, 1.54) is 0 Å². The van der Waals surface area contributed by atoms with E-state index in [2.05, 4.69) is 4.98 Å². The highest BCUT2D eigenvalue weighted by atomic mass is 31.2. The second-order valence-electron chi connectivity index (χ2n) is 3.24. The molecule has 4 heteroatoms. The third-order valence-corrected chi connectivity index (χ3v) is 2.27. The topological polar surface area (TPSA) is 34.9 Å². The van der Waals surface area contributed by atoms with Gasteiger partial charge in [-0.3, -0.25) is 0 Å². The van der Waals surface area contributed by atoms with Crippen LogP contribution in [0.2, 0.25) is 0 Å². The Labute approximate surface area is 80.6 Å². The minimum absolute atomic E-state index is 0.591. The van der Waals surface area contributed by atoms with Gasteiger partial charge in [0.25, 0.3) is 0 Å². The number of hydrogen-bond donors (Lipinski definition) is 0. The Bertz CT molecular complexity index is 288. The molecule has 0 radical (unpaired) electrons. The molecule has 0 atom stereocenters. The summed E-state index contributed by atoms with van der Waals surface area (Å²) in [6.07, 6.45) is 4.21. The van der Waals surface area contributed by atoms with E-state index in [4.69, 9.17) is 0 Å². The SMILES string of the molecule is CC.Cc1cn(CP(C)(C)=O)cn1. The van der Waals surface area contributed by atoms with Crippen LogP contribution in [0.15, 0.2) is 12.5 Å². The van der Waals surface area contributed by atoms with E-state index >= 15 is 0 Å². The Morgan fingerprint density at radius 2 is 2.00 bits per heavy atom. The first-order valence-corrected chi connectivity index (χ1v) is 7.28. The number of aryl methyl sites for hydroxylation is 1. The zero-order chi connectivity index (χ0) is 10.5. The van der Waals surface area contributed by atoms with Gasteiger partial charge in [0.15, 0.2) is 0 Å². The standard InChI is InChI=1S/C7H13N2OP.C2H6/c1-7-4-9(5-8-7)6-11(2,3)10;1-2/h4-5H,6H2,1-3H3;1-2H3. The quantitative estimate of drug-likeness (QED) is 0.691. The van der Waals surface area contributed by atoms with E-state index in [9.17, 15) is 4.57 Å². The lowest BCUT2D eigenvalue weighted by molar-refractivity contribution is 0.574. The second-order valence-corrected chi connectivity index (χ2v) is 6.68. The minimum Gasteiger partial charge on any atom is -0.330 e. The molecule has 0 bridgehead atoms. The van der Waals surface area contributed by atoms with Crippen LogP contribution < -0.4 is 0 Å². The molecule has 1 heterocycles. The molecule has 0 saturated heterocycles. The average molecular weight is 202 g/mol. The molecule has 0 aromatic carbocycles. The van der Waals surface area contributed by atoms with Crippen LogP contribution >= 0.6 is 7.14 Å². The molecular formula is C9H19N2OP. The summed E-state index contributed by atoms with van der Waals surface area (Å²) in [5.74, 6) is 0. The smallest absolute Gasteiger partial charge is 0.101 e. The minimum atomic E-state index is -1.95. The molecule has 3 nitrogen and oxygen atoms in total. The second kappa shape index (κ2) is 5.23. The molecular weight excluding hydrogens is 183 g/mol. The fraction of sp³-hybridized carbons (Fsp3) is 0.667. The third-order valence-electron chi connectivity index (χ3n) is 1.27. The van der Waals surface area contributed by atoms with Gasteiger partial charge in [-0.2, -0.15) is 0 Å². The van der Waals surface area contributed by atoms with Crippen molar-refractivity contribution in [2.45, 2.75) is 27.1 Å². The van der Waals surface area contributed by atoms with E-state index in [0.717, 1.165) is 5.69 Å². The number of nitrogens with zero attached hydrogens (tertiary/aromatic N) is 2. The number of imidazole rings is 1.